The zero-order valence-corrected chi connectivity index (χ0v) is 17.4. The van der Waals surface area contributed by atoms with Crippen LogP contribution in [0.5, 0.6) is 5.75 Å². The van der Waals surface area contributed by atoms with Crippen LogP contribution in [0, 0.1) is 0 Å². The second-order valence-corrected chi connectivity index (χ2v) is 7.81. The maximum absolute atomic E-state index is 13.2. The van der Waals surface area contributed by atoms with Crippen LogP contribution >= 0.6 is 0 Å². The summed E-state index contributed by atoms with van der Waals surface area (Å²) in [6.45, 7) is 4.15. The molecular weight excluding hydrogens is 370 g/mol. The number of carbonyl (C=O) groups is 1. The van der Waals surface area contributed by atoms with Crippen molar-refractivity contribution in [1.29, 1.82) is 0 Å². The Morgan fingerprint density at radius 1 is 1.34 bits per heavy atom. The van der Waals surface area contributed by atoms with Gasteiger partial charge in [-0.15, -0.1) is 0 Å². The Morgan fingerprint density at radius 2 is 2.21 bits per heavy atom. The third kappa shape index (κ3) is 4.42. The third-order valence-electron chi connectivity index (χ3n) is 5.73. The van der Waals surface area contributed by atoms with Crippen LogP contribution in [-0.2, 0) is 27.4 Å². The fourth-order valence-corrected chi connectivity index (χ4v) is 4.11. The first-order valence-electron chi connectivity index (χ1n) is 10.5. The Hall–Kier alpha value is -2.09. The van der Waals surface area contributed by atoms with Gasteiger partial charge < -0.3 is 29.0 Å². The maximum Gasteiger partial charge on any atom is 0.253 e. The van der Waals surface area contributed by atoms with Gasteiger partial charge in [0.25, 0.3) is 5.91 Å². The molecule has 7 nitrogen and oxygen atoms in total. The van der Waals surface area contributed by atoms with E-state index in [9.17, 15) is 4.79 Å². The van der Waals surface area contributed by atoms with Crippen LogP contribution in [0.15, 0.2) is 24.4 Å². The molecule has 7 heteroatoms. The number of nitrogens with one attached hydrogen (secondary N) is 1. The molecule has 1 atom stereocenters. The number of benzene rings is 1. The number of ether oxygens (including phenoxy) is 3. The largest absolute Gasteiger partial charge is 0.495 e. The summed E-state index contributed by atoms with van der Waals surface area (Å²) in [6.07, 6.45) is 4.85. The molecule has 1 aliphatic heterocycles. The number of hydrogen-bond donors (Lipinski definition) is 1. The highest BCUT2D eigenvalue weighted by Crippen LogP contribution is 2.34. The second kappa shape index (κ2) is 9.15. The topological polar surface area (TPSA) is 65.0 Å². The van der Waals surface area contributed by atoms with Gasteiger partial charge in [0.05, 0.1) is 19.2 Å². The molecule has 1 amide bonds. The molecule has 1 N–H and O–H groups in total. The van der Waals surface area contributed by atoms with E-state index in [1.54, 1.807) is 14.2 Å². The van der Waals surface area contributed by atoms with E-state index in [4.69, 9.17) is 14.2 Å². The molecule has 2 heterocycles. The van der Waals surface area contributed by atoms with E-state index in [1.165, 1.54) is 0 Å². The van der Waals surface area contributed by atoms with Crippen LogP contribution in [-0.4, -0.2) is 68.0 Å². The van der Waals surface area contributed by atoms with Crippen molar-refractivity contribution >= 4 is 16.8 Å². The average Bonchev–Trinajstić information content (AvgIpc) is 3.55. The van der Waals surface area contributed by atoms with Crippen LogP contribution in [0.25, 0.3) is 10.9 Å². The molecule has 29 heavy (non-hydrogen) atoms. The standard InChI is InChI=1S/C22H31N3O4/c1-27-11-4-10-24-14-16(18-5-3-6-19(28-2)21(18)24)15-25(17-7-8-17)22(26)20-13-23-9-12-29-20/h3,5-6,14,17,20,23H,4,7-13,15H2,1-2H3/t20-/m1/s1. The number of methoxy groups -OCH3 is 2. The summed E-state index contributed by atoms with van der Waals surface area (Å²) in [7, 11) is 3.43. The van der Waals surface area contributed by atoms with Gasteiger partial charge in [-0.1, -0.05) is 12.1 Å². The Labute approximate surface area is 171 Å². The van der Waals surface area contributed by atoms with Crippen molar-refractivity contribution in [2.24, 2.45) is 0 Å². The summed E-state index contributed by atoms with van der Waals surface area (Å²) in [6, 6.07) is 6.45. The maximum atomic E-state index is 13.2. The van der Waals surface area contributed by atoms with Crippen molar-refractivity contribution in [2.45, 2.75) is 44.5 Å². The molecule has 1 aromatic carbocycles. The van der Waals surface area contributed by atoms with Crippen LogP contribution in [0.2, 0.25) is 0 Å². The number of fused-ring (bicyclic) bond motifs is 1. The average molecular weight is 402 g/mol. The lowest BCUT2D eigenvalue weighted by atomic mass is 10.1. The molecule has 2 aliphatic rings. The summed E-state index contributed by atoms with van der Waals surface area (Å²) in [5.74, 6) is 0.957. The minimum Gasteiger partial charge on any atom is -0.495 e. The van der Waals surface area contributed by atoms with Gasteiger partial charge in [0.1, 0.15) is 11.9 Å². The lowest BCUT2D eigenvalue weighted by Crippen LogP contribution is -2.49. The Bertz CT molecular complexity index is 840. The molecular formula is C22H31N3O4. The molecule has 1 saturated carbocycles. The quantitative estimate of drug-likeness (QED) is 0.653. The van der Waals surface area contributed by atoms with E-state index in [0.29, 0.717) is 32.3 Å². The molecule has 0 spiro atoms. The van der Waals surface area contributed by atoms with Crippen molar-refractivity contribution in [3.05, 3.63) is 30.0 Å². The van der Waals surface area contributed by atoms with Crippen LogP contribution in [0.1, 0.15) is 24.8 Å². The number of aromatic nitrogens is 1. The Kier molecular flexibility index (Phi) is 6.37. The Balaban J connectivity index is 1.62. The zero-order chi connectivity index (χ0) is 20.2. The fraction of sp³-hybridized carbons (Fsp3) is 0.591. The molecule has 0 unspecified atom stereocenters. The molecule has 0 bridgehead atoms. The van der Waals surface area contributed by atoms with Crippen LogP contribution < -0.4 is 10.1 Å². The normalized spacial score (nSPS) is 19.4. The minimum absolute atomic E-state index is 0.0999. The predicted molar refractivity (Wildman–Crippen MR) is 111 cm³/mol. The summed E-state index contributed by atoms with van der Waals surface area (Å²) >= 11 is 0. The van der Waals surface area contributed by atoms with Gasteiger partial charge in [-0.05, 0) is 30.9 Å². The van der Waals surface area contributed by atoms with Crippen LogP contribution in [0.4, 0.5) is 0 Å². The lowest BCUT2D eigenvalue weighted by molar-refractivity contribution is -0.146. The number of para-hydroxylation sites is 1. The third-order valence-corrected chi connectivity index (χ3v) is 5.73. The first-order chi connectivity index (χ1) is 14.2. The van der Waals surface area contributed by atoms with Gasteiger partial charge in [0.15, 0.2) is 0 Å². The summed E-state index contributed by atoms with van der Waals surface area (Å²) in [5.41, 5.74) is 2.24. The first kappa shape index (κ1) is 20.2. The van der Waals surface area contributed by atoms with Gasteiger partial charge in [-0.25, -0.2) is 0 Å². The van der Waals surface area contributed by atoms with E-state index in [2.05, 4.69) is 22.1 Å². The van der Waals surface area contributed by atoms with Crippen molar-refractivity contribution < 1.29 is 19.0 Å². The van der Waals surface area contributed by atoms with Crippen molar-refractivity contribution in [1.82, 2.24) is 14.8 Å². The number of rotatable bonds is 9. The predicted octanol–water partition coefficient (Wildman–Crippen LogP) is 2.17. The summed E-state index contributed by atoms with van der Waals surface area (Å²) < 4.78 is 18.8. The second-order valence-electron chi connectivity index (χ2n) is 7.81. The van der Waals surface area contributed by atoms with Gasteiger partial charge in [-0.2, -0.15) is 0 Å². The molecule has 2 aromatic rings. The number of morpholine rings is 1. The van der Waals surface area contributed by atoms with Gasteiger partial charge in [0.2, 0.25) is 0 Å². The number of amides is 1. The molecule has 0 radical (unpaired) electrons. The molecule has 158 valence electrons. The highest BCUT2D eigenvalue weighted by molar-refractivity contribution is 5.90. The van der Waals surface area contributed by atoms with E-state index in [-0.39, 0.29) is 12.0 Å². The highest BCUT2D eigenvalue weighted by Gasteiger charge is 2.37. The van der Waals surface area contributed by atoms with Crippen molar-refractivity contribution in [2.75, 3.05) is 40.5 Å². The summed E-state index contributed by atoms with van der Waals surface area (Å²) in [4.78, 5) is 15.2. The van der Waals surface area contributed by atoms with Gasteiger partial charge >= 0.3 is 0 Å². The number of aryl methyl sites for hydroxylation is 1. The smallest absolute Gasteiger partial charge is 0.253 e. The lowest BCUT2D eigenvalue weighted by Gasteiger charge is -2.30. The minimum atomic E-state index is -0.381. The van der Waals surface area contributed by atoms with E-state index in [1.807, 2.05) is 17.0 Å². The monoisotopic (exact) mass is 401 g/mol. The number of nitrogens with zero attached hydrogens (tertiary/aromatic N) is 2. The molecule has 1 aliphatic carbocycles. The van der Waals surface area contributed by atoms with Crippen LogP contribution in [0.3, 0.4) is 0 Å². The van der Waals surface area contributed by atoms with E-state index in [0.717, 1.165) is 54.6 Å². The molecule has 1 saturated heterocycles. The highest BCUT2D eigenvalue weighted by atomic mass is 16.5. The fourth-order valence-electron chi connectivity index (χ4n) is 4.11. The van der Waals surface area contributed by atoms with E-state index >= 15 is 0 Å². The van der Waals surface area contributed by atoms with Gasteiger partial charge in [0, 0.05) is 57.5 Å². The Morgan fingerprint density at radius 3 is 2.90 bits per heavy atom. The van der Waals surface area contributed by atoms with E-state index < -0.39 is 0 Å². The number of carbonyl (C=O) groups excluding carboxylic acids is 1. The van der Waals surface area contributed by atoms with Crippen molar-refractivity contribution in [3.8, 4) is 5.75 Å². The molecule has 2 fully saturated rings. The van der Waals surface area contributed by atoms with Crippen molar-refractivity contribution in [3.63, 3.8) is 0 Å². The zero-order valence-electron chi connectivity index (χ0n) is 17.4. The number of hydrogen-bond acceptors (Lipinski definition) is 5. The summed E-state index contributed by atoms with van der Waals surface area (Å²) in [5, 5.41) is 4.41. The SMILES string of the molecule is COCCCn1cc(CN(C(=O)[C@H]2CNCCO2)C2CC2)c2cccc(OC)c21. The first-order valence-corrected chi connectivity index (χ1v) is 10.5. The molecule has 1 aromatic heterocycles. The molecule has 4 rings (SSSR count). The van der Waals surface area contributed by atoms with Gasteiger partial charge in [-0.3, -0.25) is 4.79 Å².